The van der Waals surface area contributed by atoms with Gasteiger partial charge in [0, 0.05) is 28.1 Å². The Hall–Kier alpha value is -0.790. The summed E-state index contributed by atoms with van der Waals surface area (Å²) in [4.78, 5) is 12.1. The normalized spacial score (nSPS) is 14.8. The minimum absolute atomic E-state index is 0.0305. The fourth-order valence-electron chi connectivity index (χ4n) is 1.19. The topological polar surface area (TPSA) is 29.1 Å². The molecular formula is C15H29NO. The van der Waals surface area contributed by atoms with Crippen LogP contribution in [0.15, 0.2) is 11.8 Å². The monoisotopic (exact) mass is 239 g/mol. The zero-order chi connectivity index (χ0) is 14.1. The number of ketones is 1. The van der Waals surface area contributed by atoms with Gasteiger partial charge in [-0.1, -0.05) is 41.5 Å². The predicted octanol–water partition coefficient (Wildman–Crippen LogP) is 3.92. The quantitative estimate of drug-likeness (QED) is 0.740. The Balaban J connectivity index is 5.23. The summed E-state index contributed by atoms with van der Waals surface area (Å²) in [7, 11) is 0. The van der Waals surface area contributed by atoms with E-state index in [0.717, 1.165) is 5.70 Å². The van der Waals surface area contributed by atoms with E-state index in [1.165, 1.54) is 0 Å². The van der Waals surface area contributed by atoms with Crippen LogP contribution in [0.1, 0.15) is 62.3 Å². The number of nitrogens with one attached hydrogen (secondary N) is 1. The van der Waals surface area contributed by atoms with Crippen LogP contribution in [0, 0.1) is 10.8 Å². The smallest absolute Gasteiger partial charge is 0.162 e. The highest BCUT2D eigenvalue weighted by atomic mass is 16.1. The van der Waals surface area contributed by atoms with E-state index in [-0.39, 0.29) is 22.2 Å². The first-order valence-electron chi connectivity index (χ1n) is 6.28. The lowest BCUT2D eigenvalue weighted by Crippen LogP contribution is -2.40. The summed E-state index contributed by atoms with van der Waals surface area (Å²) in [5.74, 6) is 0.166. The van der Waals surface area contributed by atoms with Crippen LogP contribution in [0.5, 0.6) is 0 Å². The molecule has 100 valence electrons. The minimum Gasteiger partial charge on any atom is -0.383 e. The maximum absolute atomic E-state index is 12.1. The summed E-state index contributed by atoms with van der Waals surface area (Å²) in [6.07, 6.45) is 1.77. The molecule has 0 aromatic heterocycles. The highest BCUT2D eigenvalue weighted by Gasteiger charge is 2.26. The Labute approximate surface area is 107 Å². The molecule has 0 saturated carbocycles. The SMILES string of the molecule is CC(C)(C)NC(=CC(=O)C(C)(C)C)C(C)(C)C. The number of hydrogen-bond acceptors (Lipinski definition) is 2. The number of carbonyl (C=O) groups is 1. The molecule has 0 aliphatic rings. The first-order valence-corrected chi connectivity index (χ1v) is 6.28. The van der Waals surface area contributed by atoms with Crippen LogP contribution in [-0.2, 0) is 4.79 Å². The zero-order valence-corrected chi connectivity index (χ0v) is 13.0. The Kier molecular flexibility index (Phi) is 4.61. The molecule has 0 radical (unpaired) electrons. The molecule has 0 heterocycles. The van der Waals surface area contributed by atoms with Crippen LogP contribution in [0.3, 0.4) is 0 Å². The first-order chi connectivity index (χ1) is 7.23. The van der Waals surface area contributed by atoms with E-state index in [9.17, 15) is 4.79 Å². The lowest BCUT2D eigenvalue weighted by atomic mass is 9.85. The predicted molar refractivity (Wildman–Crippen MR) is 74.9 cm³/mol. The van der Waals surface area contributed by atoms with Gasteiger partial charge in [0.25, 0.3) is 0 Å². The van der Waals surface area contributed by atoms with Gasteiger partial charge in [0.2, 0.25) is 0 Å². The third-order valence-electron chi connectivity index (χ3n) is 2.33. The fourth-order valence-corrected chi connectivity index (χ4v) is 1.19. The second-order valence-corrected chi connectivity index (χ2v) is 7.80. The third kappa shape index (κ3) is 6.50. The van der Waals surface area contributed by atoms with E-state index in [1.54, 1.807) is 6.08 Å². The molecule has 17 heavy (non-hydrogen) atoms. The molecule has 0 bridgehead atoms. The fraction of sp³-hybridized carbons (Fsp3) is 0.800. The zero-order valence-electron chi connectivity index (χ0n) is 13.0. The van der Waals surface area contributed by atoms with Crippen LogP contribution in [-0.4, -0.2) is 11.3 Å². The van der Waals surface area contributed by atoms with E-state index in [4.69, 9.17) is 0 Å². The van der Waals surface area contributed by atoms with Gasteiger partial charge in [0.15, 0.2) is 5.78 Å². The van der Waals surface area contributed by atoms with E-state index in [0.29, 0.717) is 0 Å². The van der Waals surface area contributed by atoms with E-state index >= 15 is 0 Å². The molecular weight excluding hydrogens is 210 g/mol. The number of allylic oxidation sites excluding steroid dienone is 2. The van der Waals surface area contributed by atoms with Gasteiger partial charge in [-0.25, -0.2) is 0 Å². The number of rotatable bonds is 2. The third-order valence-corrected chi connectivity index (χ3v) is 2.33. The molecule has 0 aromatic carbocycles. The molecule has 1 N–H and O–H groups in total. The molecule has 0 aliphatic heterocycles. The van der Waals surface area contributed by atoms with Crippen LogP contribution >= 0.6 is 0 Å². The first kappa shape index (κ1) is 16.2. The molecule has 0 amide bonds. The molecule has 2 heteroatoms. The molecule has 0 unspecified atom stereocenters. The Morgan fingerprint density at radius 2 is 1.24 bits per heavy atom. The van der Waals surface area contributed by atoms with Crippen LogP contribution in [0.2, 0.25) is 0 Å². The van der Waals surface area contributed by atoms with Gasteiger partial charge in [0.05, 0.1) is 0 Å². The lowest BCUT2D eigenvalue weighted by Gasteiger charge is -2.32. The van der Waals surface area contributed by atoms with Gasteiger partial charge in [-0.2, -0.15) is 0 Å². The Bertz CT molecular complexity index is 305. The van der Waals surface area contributed by atoms with Crippen LogP contribution in [0.4, 0.5) is 0 Å². The summed E-state index contributed by atoms with van der Waals surface area (Å²) in [5, 5.41) is 3.44. The average molecular weight is 239 g/mol. The maximum Gasteiger partial charge on any atom is 0.162 e. The van der Waals surface area contributed by atoms with Gasteiger partial charge in [-0.05, 0) is 20.8 Å². The summed E-state index contributed by atoms with van der Waals surface area (Å²) in [5.41, 5.74) is 0.603. The summed E-state index contributed by atoms with van der Waals surface area (Å²) >= 11 is 0. The van der Waals surface area contributed by atoms with Crippen molar-refractivity contribution in [3.8, 4) is 0 Å². The second kappa shape index (κ2) is 4.83. The summed E-state index contributed by atoms with van der Waals surface area (Å²) in [6.45, 7) is 18.5. The molecule has 0 aliphatic carbocycles. The molecule has 0 rings (SSSR count). The summed E-state index contributed by atoms with van der Waals surface area (Å²) < 4.78 is 0. The van der Waals surface area contributed by atoms with Crippen molar-refractivity contribution >= 4 is 5.78 Å². The van der Waals surface area contributed by atoms with Gasteiger partial charge in [-0.15, -0.1) is 0 Å². The molecule has 2 nitrogen and oxygen atoms in total. The summed E-state index contributed by atoms with van der Waals surface area (Å²) in [6, 6.07) is 0. The number of carbonyl (C=O) groups excluding carboxylic acids is 1. The van der Waals surface area contributed by atoms with Crippen molar-refractivity contribution < 1.29 is 4.79 Å². The van der Waals surface area contributed by atoms with Crippen molar-refractivity contribution in [3.05, 3.63) is 11.8 Å². The Morgan fingerprint density at radius 3 is 1.47 bits per heavy atom. The van der Waals surface area contributed by atoms with Crippen molar-refractivity contribution in [1.82, 2.24) is 5.32 Å². The van der Waals surface area contributed by atoms with Crippen molar-refractivity contribution in [2.24, 2.45) is 10.8 Å². The highest BCUT2D eigenvalue weighted by Crippen LogP contribution is 2.27. The Morgan fingerprint density at radius 1 is 0.824 bits per heavy atom. The van der Waals surface area contributed by atoms with Crippen LogP contribution < -0.4 is 5.32 Å². The van der Waals surface area contributed by atoms with E-state index in [1.807, 2.05) is 20.8 Å². The van der Waals surface area contributed by atoms with Crippen molar-refractivity contribution in [2.75, 3.05) is 0 Å². The average Bonchev–Trinajstić information content (AvgIpc) is 1.96. The standard InChI is InChI=1S/C15H29NO/c1-13(2,3)11(16-15(7,8)9)10-12(17)14(4,5)6/h10,16H,1-9H3. The van der Waals surface area contributed by atoms with Gasteiger partial charge >= 0.3 is 0 Å². The number of hydrogen-bond donors (Lipinski definition) is 1. The molecule has 0 saturated heterocycles. The maximum atomic E-state index is 12.1. The molecule has 0 aromatic rings. The second-order valence-electron chi connectivity index (χ2n) is 7.80. The van der Waals surface area contributed by atoms with E-state index < -0.39 is 0 Å². The van der Waals surface area contributed by atoms with Crippen molar-refractivity contribution in [1.29, 1.82) is 0 Å². The van der Waals surface area contributed by atoms with Crippen molar-refractivity contribution in [3.63, 3.8) is 0 Å². The minimum atomic E-state index is -0.323. The van der Waals surface area contributed by atoms with Crippen LogP contribution in [0.25, 0.3) is 0 Å². The molecule has 0 fully saturated rings. The van der Waals surface area contributed by atoms with Gasteiger partial charge in [0.1, 0.15) is 0 Å². The van der Waals surface area contributed by atoms with E-state index in [2.05, 4.69) is 46.9 Å². The highest BCUT2D eigenvalue weighted by molar-refractivity contribution is 5.94. The van der Waals surface area contributed by atoms with Gasteiger partial charge in [-0.3, -0.25) is 4.79 Å². The molecule has 0 spiro atoms. The van der Waals surface area contributed by atoms with Gasteiger partial charge < -0.3 is 5.32 Å². The largest absolute Gasteiger partial charge is 0.383 e. The molecule has 0 atom stereocenters. The van der Waals surface area contributed by atoms with Crippen molar-refractivity contribution in [2.45, 2.75) is 67.9 Å². The lowest BCUT2D eigenvalue weighted by molar-refractivity contribution is -0.121.